The monoisotopic (exact) mass is 283 g/mol. The van der Waals surface area contributed by atoms with Crippen molar-refractivity contribution in [3.63, 3.8) is 0 Å². The molecule has 0 radical (unpaired) electrons. The topological polar surface area (TPSA) is 62.5 Å². The minimum absolute atomic E-state index is 0.0706. The number of hydrogen-bond donors (Lipinski definition) is 1. The normalized spacial score (nSPS) is 11.9. The molecule has 5 heteroatoms. The number of hydrogen-bond acceptors (Lipinski definition) is 4. The van der Waals surface area contributed by atoms with Gasteiger partial charge in [0, 0.05) is 6.61 Å². The first-order valence-electron chi connectivity index (χ1n) is 6.26. The van der Waals surface area contributed by atoms with Crippen molar-refractivity contribution in [3.05, 3.63) is 28.8 Å². The van der Waals surface area contributed by atoms with Crippen LogP contribution in [-0.4, -0.2) is 31.0 Å². The standard InChI is InChI=1S/C14H18ClNO3/c1-2-3-7-18-9-11(17)10-19-14-6-4-5-13(15)12(14)8-16/h4-6,11,17H,2-3,7,9-10H2,1H3. The summed E-state index contributed by atoms with van der Waals surface area (Å²) in [4.78, 5) is 0. The van der Waals surface area contributed by atoms with Gasteiger partial charge < -0.3 is 14.6 Å². The van der Waals surface area contributed by atoms with Crippen LogP contribution in [0.25, 0.3) is 0 Å². The van der Waals surface area contributed by atoms with Crippen molar-refractivity contribution < 1.29 is 14.6 Å². The zero-order chi connectivity index (χ0) is 14.1. The van der Waals surface area contributed by atoms with Crippen molar-refractivity contribution in [1.29, 1.82) is 5.26 Å². The minimum atomic E-state index is -0.720. The Morgan fingerprint density at radius 1 is 1.42 bits per heavy atom. The third-order valence-electron chi connectivity index (χ3n) is 2.47. The van der Waals surface area contributed by atoms with Crippen molar-refractivity contribution in [2.45, 2.75) is 25.9 Å². The molecular weight excluding hydrogens is 266 g/mol. The summed E-state index contributed by atoms with van der Waals surface area (Å²) in [7, 11) is 0. The number of nitrogens with zero attached hydrogens (tertiary/aromatic N) is 1. The Labute approximate surface area is 118 Å². The molecule has 1 rings (SSSR count). The molecule has 1 aromatic carbocycles. The molecule has 0 heterocycles. The van der Waals surface area contributed by atoms with Crippen molar-refractivity contribution in [2.24, 2.45) is 0 Å². The molecule has 0 saturated heterocycles. The first-order valence-corrected chi connectivity index (χ1v) is 6.64. The summed E-state index contributed by atoms with van der Waals surface area (Å²) in [5, 5.41) is 19.0. The molecule has 0 aliphatic rings. The molecule has 0 aromatic heterocycles. The number of aliphatic hydroxyl groups excluding tert-OH is 1. The summed E-state index contributed by atoms with van der Waals surface area (Å²) in [6.45, 7) is 3.00. The Balaban J connectivity index is 2.40. The lowest BCUT2D eigenvalue weighted by atomic mass is 10.2. The predicted octanol–water partition coefficient (Wildman–Crippen LogP) is 2.77. The number of rotatable bonds is 8. The lowest BCUT2D eigenvalue weighted by Gasteiger charge is -2.13. The zero-order valence-corrected chi connectivity index (χ0v) is 11.7. The van der Waals surface area contributed by atoms with Crippen LogP contribution in [-0.2, 0) is 4.74 Å². The van der Waals surface area contributed by atoms with E-state index in [1.165, 1.54) is 0 Å². The van der Waals surface area contributed by atoms with E-state index >= 15 is 0 Å². The van der Waals surface area contributed by atoms with Crippen molar-refractivity contribution in [2.75, 3.05) is 19.8 Å². The number of halogens is 1. The van der Waals surface area contributed by atoms with E-state index < -0.39 is 6.10 Å². The lowest BCUT2D eigenvalue weighted by molar-refractivity contribution is 0.0112. The molecule has 1 atom stereocenters. The van der Waals surface area contributed by atoms with Gasteiger partial charge in [-0.1, -0.05) is 31.0 Å². The second-order valence-electron chi connectivity index (χ2n) is 4.12. The number of benzene rings is 1. The first kappa shape index (κ1) is 15.8. The molecule has 0 saturated carbocycles. The molecule has 0 amide bonds. The van der Waals surface area contributed by atoms with Gasteiger partial charge in [-0.3, -0.25) is 0 Å². The largest absolute Gasteiger partial charge is 0.489 e. The molecule has 104 valence electrons. The second kappa shape index (κ2) is 8.76. The number of nitriles is 1. The summed E-state index contributed by atoms with van der Waals surface area (Å²) in [5.74, 6) is 0.377. The van der Waals surface area contributed by atoms with Gasteiger partial charge >= 0.3 is 0 Å². The molecule has 1 unspecified atom stereocenters. The van der Waals surface area contributed by atoms with Crippen molar-refractivity contribution in [1.82, 2.24) is 0 Å². The van der Waals surface area contributed by atoms with E-state index in [1.807, 2.05) is 6.07 Å². The van der Waals surface area contributed by atoms with Crippen LogP contribution >= 0.6 is 11.6 Å². The molecule has 0 bridgehead atoms. The average molecular weight is 284 g/mol. The van der Waals surface area contributed by atoms with Gasteiger partial charge in [-0.15, -0.1) is 0 Å². The maximum atomic E-state index is 9.68. The van der Waals surface area contributed by atoms with Gasteiger partial charge in [-0.25, -0.2) is 0 Å². The molecule has 1 aromatic rings. The Morgan fingerprint density at radius 3 is 2.89 bits per heavy atom. The van der Waals surface area contributed by atoms with Crippen LogP contribution in [0.3, 0.4) is 0 Å². The van der Waals surface area contributed by atoms with Gasteiger partial charge in [0.05, 0.1) is 11.6 Å². The smallest absolute Gasteiger partial charge is 0.138 e. The van der Waals surface area contributed by atoms with E-state index in [0.29, 0.717) is 17.4 Å². The molecule has 0 aliphatic heterocycles. The molecule has 19 heavy (non-hydrogen) atoms. The van der Waals surface area contributed by atoms with Crippen LogP contribution in [0.1, 0.15) is 25.3 Å². The van der Waals surface area contributed by atoms with E-state index in [1.54, 1.807) is 18.2 Å². The molecule has 0 aliphatic carbocycles. The van der Waals surface area contributed by atoms with Crippen molar-refractivity contribution in [3.8, 4) is 11.8 Å². The van der Waals surface area contributed by atoms with Crippen molar-refractivity contribution >= 4 is 11.6 Å². The van der Waals surface area contributed by atoms with Crippen LogP contribution in [0.5, 0.6) is 5.75 Å². The summed E-state index contributed by atoms with van der Waals surface area (Å²) in [5.41, 5.74) is 0.281. The summed E-state index contributed by atoms with van der Waals surface area (Å²) < 4.78 is 10.7. The summed E-state index contributed by atoms with van der Waals surface area (Å²) in [6.07, 6.45) is 1.31. The second-order valence-corrected chi connectivity index (χ2v) is 4.53. The molecular formula is C14H18ClNO3. The summed E-state index contributed by atoms with van der Waals surface area (Å²) in [6, 6.07) is 6.94. The highest BCUT2D eigenvalue weighted by atomic mass is 35.5. The van der Waals surface area contributed by atoms with Crippen LogP contribution in [0.15, 0.2) is 18.2 Å². The quantitative estimate of drug-likeness (QED) is 0.745. The van der Waals surface area contributed by atoms with E-state index in [9.17, 15) is 5.11 Å². The predicted molar refractivity (Wildman–Crippen MR) is 73.4 cm³/mol. The maximum Gasteiger partial charge on any atom is 0.138 e. The van der Waals surface area contributed by atoms with Gasteiger partial charge in [0.25, 0.3) is 0 Å². The number of aliphatic hydroxyl groups is 1. The summed E-state index contributed by atoms with van der Waals surface area (Å²) >= 11 is 5.87. The highest BCUT2D eigenvalue weighted by Crippen LogP contribution is 2.25. The van der Waals surface area contributed by atoms with Crippen LogP contribution < -0.4 is 4.74 Å². The Bertz CT molecular complexity index is 431. The van der Waals surface area contributed by atoms with E-state index in [4.69, 9.17) is 26.3 Å². The average Bonchev–Trinajstić information content (AvgIpc) is 2.41. The van der Waals surface area contributed by atoms with Gasteiger partial charge in [-0.2, -0.15) is 5.26 Å². The molecule has 0 fully saturated rings. The SMILES string of the molecule is CCCCOCC(O)COc1cccc(Cl)c1C#N. The third-order valence-corrected chi connectivity index (χ3v) is 2.79. The van der Waals surface area contributed by atoms with Gasteiger partial charge in [0.15, 0.2) is 0 Å². The van der Waals surface area contributed by atoms with E-state index in [0.717, 1.165) is 12.8 Å². The first-order chi connectivity index (χ1) is 9.19. The fourth-order valence-electron chi connectivity index (χ4n) is 1.43. The Hall–Kier alpha value is -1.28. The fourth-order valence-corrected chi connectivity index (χ4v) is 1.64. The number of ether oxygens (including phenoxy) is 2. The Morgan fingerprint density at radius 2 is 2.21 bits per heavy atom. The minimum Gasteiger partial charge on any atom is -0.489 e. The lowest BCUT2D eigenvalue weighted by Crippen LogP contribution is -2.24. The van der Waals surface area contributed by atoms with Crippen LogP contribution in [0, 0.1) is 11.3 Å². The van der Waals surface area contributed by atoms with Gasteiger partial charge in [0.2, 0.25) is 0 Å². The maximum absolute atomic E-state index is 9.68. The fraction of sp³-hybridized carbons (Fsp3) is 0.500. The highest BCUT2D eigenvalue weighted by molar-refractivity contribution is 6.31. The van der Waals surface area contributed by atoms with E-state index in [-0.39, 0.29) is 18.8 Å². The van der Waals surface area contributed by atoms with Gasteiger partial charge in [0.1, 0.15) is 30.1 Å². The van der Waals surface area contributed by atoms with Crippen LogP contribution in [0.2, 0.25) is 5.02 Å². The number of unbranched alkanes of at least 4 members (excludes halogenated alkanes) is 1. The molecule has 4 nitrogen and oxygen atoms in total. The molecule has 0 spiro atoms. The highest BCUT2D eigenvalue weighted by Gasteiger charge is 2.10. The third kappa shape index (κ3) is 5.48. The van der Waals surface area contributed by atoms with Crippen LogP contribution in [0.4, 0.5) is 0 Å². The zero-order valence-electron chi connectivity index (χ0n) is 10.9. The Kier molecular flexibility index (Phi) is 7.27. The molecule has 1 N–H and O–H groups in total. The van der Waals surface area contributed by atoms with E-state index in [2.05, 4.69) is 6.92 Å². The van der Waals surface area contributed by atoms with Gasteiger partial charge in [-0.05, 0) is 18.6 Å².